The fraction of sp³-hybridized carbons (Fsp3) is 0.583. The monoisotopic (exact) mass is 255 g/mol. The van der Waals surface area contributed by atoms with E-state index >= 15 is 0 Å². The summed E-state index contributed by atoms with van der Waals surface area (Å²) in [5.41, 5.74) is 1.12. The molecule has 0 amide bonds. The van der Waals surface area contributed by atoms with Crippen LogP contribution in [0.25, 0.3) is 0 Å². The number of H-pyrrole nitrogens is 1. The molecule has 0 radical (unpaired) electrons. The molecule has 1 aromatic heterocycles. The van der Waals surface area contributed by atoms with Crippen LogP contribution in [0.4, 0.5) is 0 Å². The second-order valence-electron chi connectivity index (χ2n) is 4.41. The van der Waals surface area contributed by atoms with Crippen LogP contribution in [-0.2, 0) is 9.47 Å². The van der Waals surface area contributed by atoms with Crippen molar-refractivity contribution in [2.45, 2.75) is 31.3 Å². The van der Waals surface area contributed by atoms with Crippen LogP contribution in [0.3, 0.4) is 0 Å². The number of aryl methyl sites for hydroxylation is 1. The number of hydrogen-bond acceptors (Lipinski definition) is 5. The van der Waals surface area contributed by atoms with Gasteiger partial charge in [0.2, 0.25) is 0 Å². The number of pyridine rings is 1. The minimum absolute atomic E-state index is 0.162. The van der Waals surface area contributed by atoms with Crippen molar-refractivity contribution in [1.82, 2.24) is 4.98 Å². The number of nitrogens with one attached hydrogen (secondary N) is 1. The van der Waals surface area contributed by atoms with Gasteiger partial charge in [-0.1, -0.05) is 0 Å². The summed E-state index contributed by atoms with van der Waals surface area (Å²) in [6, 6.07) is 1.70. The number of aliphatic hydroxyl groups excluding tert-OH is 2. The summed E-state index contributed by atoms with van der Waals surface area (Å²) in [5.74, 6) is 0. The zero-order chi connectivity index (χ0) is 13.3. The Labute approximate surface area is 104 Å². The predicted molar refractivity (Wildman–Crippen MR) is 63.3 cm³/mol. The van der Waals surface area contributed by atoms with Gasteiger partial charge in [0.05, 0.1) is 6.61 Å². The fourth-order valence-corrected chi connectivity index (χ4v) is 2.20. The normalized spacial score (nSPS) is 31.8. The molecule has 1 aromatic rings. The van der Waals surface area contributed by atoms with Crippen LogP contribution >= 0.6 is 0 Å². The lowest BCUT2D eigenvalue weighted by molar-refractivity contribution is -0.0235. The summed E-state index contributed by atoms with van der Waals surface area (Å²) in [6.45, 7) is 1.42. The Bertz CT molecular complexity index is 472. The molecule has 0 spiro atoms. The third-order valence-corrected chi connectivity index (χ3v) is 3.23. The Kier molecular flexibility index (Phi) is 3.82. The van der Waals surface area contributed by atoms with Crippen LogP contribution in [0.1, 0.15) is 17.2 Å². The van der Waals surface area contributed by atoms with Crippen LogP contribution in [-0.4, -0.2) is 47.2 Å². The van der Waals surface area contributed by atoms with E-state index in [1.54, 1.807) is 19.2 Å². The Balaban J connectivity index is 2.31. The van der Waals surface area contributed by atoms with Crippen molar-refractivity contribution in [3.05, 3.63) is 33.7 Å². The molecule has 0 saturated carbocycles. The number of aromatic nitrogens is 1. The van der Waals surface area contributed by atoms with E-state index in [1.807, 2.05) is 0 Å². The average Bonchev–Trinajstić information content (AvgIpc) is 2.69. The largest absolute Gasteiger partial charge is 0.394 e. The van der Waals surface area contributed by atoms with Gasteiger partial charge in [-0.15, -0.1) is 0 Å². The predicted octanol–water partition coefficient (Wildman–Crippen LogP) is -0.509. The molecule has 1 fully saturated rings. The molecule has 1 aliphatic rings. The van der Waals surface area contributed by atoms with Crippen molar-refractivity contribution in [3.63, 3.8) is 0 Å². The summed E-state index contributed by atoms with van der Waals surface area (Å²) < 4.78 is 10.8. The molecule has 1 unspecified atom stereocenters. The maximum Gasteiger partial charge on any atom is 0.250 e. The van der Waals surface area contributed by atoms with Gasteiger partial charge in [0.15, 0.2) is 0 Å². The van der Waals surface area contributed by atoms with Crippen molar-refractivity contribution >= 4 is 0 Å². The lowest BCUT2D eigenvalue weighted by Gasteiger charge is -2.18. The molecule has 6 heteroatoms. The highest BCUT2D eigenvalue weighted by atomic mass is 16.6. The maximum atomic E-state index is 11.3. The number of hydrogen-bond donors (Lipinski definition) is 3. The third kappa shape index (κ3) is 2.20. The first-order valence-electron chi connectivity index (χ1n) is 5.75. The van der Waals surface area contributed by atoms with Crippen LogP contribution in [0.15, 0.2) is 17.1 Å². The van der Waals surface area contributed by atoms with Gasteiger partial charge in [-0.05, 0) is 13.0 Å². The van der Waals surface area contributed by atoms with Gasteiger partial charge >= 0.3 is 0 Å². The minimum atomic E-state index is -0.891. The summed E-state index contributed by atoms with van der Waals surface area (Å²) in [4.78, 5) is 13.9. The van der Waals surface area contributed by atoms with E-state index in [-0.39, 0.29) is 12.2 Å². The van der Waals surface area contributed by atoms with E-state index in [2.05, 4.69) is 4.98 Å². The van der Waals surface area contributed by atoms with Gasteiger partial charge in [0.25, 0.3) is 5.56 Å². The van der Waals surface area contributed by atoms with Crippen molar-refractivity contribution in [2.24, 2.45) is 0 Å². The molecule has 1 aliphatic heterocycles. The number of methoxy groups -OCH3 is 1. The summed E-state index contributed by atoms with van der Waals surface area (Å²) >= 11 is 0. The van der Waals surface area contributed by atoms with E-state index in [0.29, 0.717) is 11.1 Å². The van der Waals surface area contributed by atoms with Crippen LogP contribution in [0.5, 0.6) is 0 Å². The molecule has 100 valence electrons. The molecule has 6 nitrogen and oxygen atoms in total. The van der Waals surface area contributed by atoms with Crippen molar-refractivity contribution in [2.75, 3.05) is 13.7 Å². The van der Waals surface area contributed by atoms with Crippen molar-refractivity contribution in [1.29, 1.82) is 0 Å². The summed E-state index contributed by atoms with van der Waals surface area (Å²) in [7, 11) is 1.47. The molecular weight excluding hydrogens is 238 g/mol. The second-order valence-corrected chi connectivity index (χ2v) is 4.41. The highest BCUT2D eigenvalue weighted by Crippen LogP contribution is 2.34. The van der Waals surface area contributed by atoms with E-state index in [9.17, 15) is 9.90 Å². The number of aliphatic hydroxyl groups is 2. The molecule has 1 saturated heterocycles. The van der Waals surface area contributed by atoms with Crippen LogP contribution in [0.2, 0.25) is 0 Å². The van der Waals surface area contributed by atoms with Gasteiger partial charge in [-0.25, -0.2) is 0 Å². The van der Waals surface area contributed by atoms with Crippen molar-refractivity contribution in [3.8, 4) is 0 Å². The van der Waals surface area contributed by atoms with Gasteiger partial charge < -0.3 is 24.7 Å². The molecule has 18 heavy (non-hydrogen) atoms. The van der Waals surface area contributed by atoms with Gasteiger partial charge in [-0.2, -0.15) is 0 Å². The first-order valence-corrected chi connectivity index (χ1v) is 5.75. The molecule has 0 bridgehead atoms. The summed E-state index contributed by atoms with van der Waals surface area (Å²) in [6.07, 6.45) is -1.09. The number of aromatic amines is 1. The Morgan fingerprint density at radius 3 is 2.83 bits per heavy atom. The average molecular weight is 255 g/mol. The van der Waals surface area contributed by atoms with Crippen molar-refractivity contribution < 1.29 is 19.7 Å². The second kappa shape index (κ2) is 5.19. The first kappa shape index (κ1) is 13.2. The lowest BCUT2D eigenvalue weighted by Crippen LogP contribution is -2.33. The van der Waals surface area contributed by atoms with Gasteiger partial charge in [-0.3, -0.25) is 4.79 Å². The van der Waals surface area contributed by atoms with E-state index in [1.165, 1.54) is 7.11 Å². The van der Waals surface area contributed by atoms with E-state index in [4.69, 9.17) is 14.6 Å². The third-order valence-electron chi connectivity index (χ3n) is 3.23. The van der Waals surface area contributed by atoms with Gasteiger partial charge in [0.1, 0.15) is 24.4 Å². The number of rotatable bonds is 3. The highest BCUT2D eigenvalue weighted by Gasteiger charge is 2.44. The quantitative estimate of drug-likeness (QED) is 0.676. The topological polar surface area (TPSA) is 91.8 Å². The minimum Gasteiger partial charge on any atom is -0.394 e. The summed E-state index contributed by atoms with van der Waals surface area (Å²) in [5, 5.41) is 19.0. The maximum absolute atomic E-state index is 11.3. The zero-order valence-corrected chi connectivity index (χ0v) is 10.3. The van der Waals surface area contributed by atoms with E-state index < -0.39 is 24.4 Å². The first-order chi connectivity index (χ1) is 8.58. The lowest BCUT2D eigenvalue weighted by atomic mass is 10.0. The fourth-order valence-electron chi connectivity index (χ4n) is 2.20. The number of ether oxygens (including phenoxy) is 2. The smallest absolute Gasteiger partial charge is 0.250 e. The molecular formula is C12H17NO5. The molecule has 3 N–H and O–H groups in total. The Morgan fingerprint density at radius 2 is 2.28 bits per heavy atom. The van der Waals surface area contributed by atoms with Crippen LogP contribution in [0, 0.1) is 6.92 Å². The SMILES string of the molecule is CO[C@H]1C(O)[C@@H](CO)O[C@H]1c1c[nH]c(=O)c(C)c1. The molecule has 2 heterocycles. The zero-order valence-electron chi connectivity index (χ0n) is 10.3. The standard InChI is InChI=1S/C12H17NO5/c1-6-3-7(4-13-12(6)16)10-11(17-2)9(15)8(5-14)18-10/h3-4,8-11,14-15H,5H2,1-2H3,(H,13,16)/t8-,9?,10+,11+/m1/s1. The Morgan fingerprint density at radius 1 is 1.56 bits per heavy atom. The molecule has 4 atom stereocenters. The molecule has 0 aliphatic carbocycles. The highest BCUT2D eigenvalue weighted by molar-refractivity contribution is 5.22. The molecule has 2 rings (SSSR count). The van der Waals surface area contributed by atoms with Crippen LogP contribution < -0.4 is 5.56 Å². The van der Waals surface area contributed by atoms with E-state index in [0.717, 1.165) is 0 Å². The van der Waals surface area contributed by atoms with Gasteiger partial charge in [0, 0.05) is 24.4 Å². The molecule has 0 aromatic carbocycles. The Hall–Kier alpha value is -1.21.